The number of rotatable bonds is 3. The number of nitrogens with one attached hydrogen (secondary N) is 1. The van der Waals surface area contributed by atoms with E-state index in [1.165, 1.54) is 0 Å². The van der Waals surface area contributed by atoms with Gasteiger partial charge in [0.05, 0.1) is 11.3 Å². The Bertz CT molecular complexity index is 348. The summed E-state index contributed by atoms with van der Waals surface area (Å²) in [6.07, 6.45) is 3.97. The van der Waals surface area contributed by atoms with Gasteiger partial charge in [-0.05, 0) is 40.5 Å². The van der Waals surface area contributed by atoms with Crippen molar-refractivity contribution in [2.45, 2.75) is 70.9 Å². The van der Waals surface area contributed by atoms with Gasteiger partial charge in [-0.25, -0.2) is 10.2 Å². The normalized spacial score (nSPS) is 20.7. The SMILES string of the molecule is CC1(NN(C(=O)OC(C)(C)C)S(=O)[O-])CCCCC1. The van der Waals surface area contributed by atoms with Gasteiger partial charge in [0.25, 0.3) is 0 Å². The Morgan fingerprint density at radius 2 is 1.84 bits per heavy atom. The van der Waals surface area contributed by atoms with Crippen LogP contribution >= 0.6 is 0 Å². The zero-order chi connectivity index (χ0) is 14.7. The molecule has 1 unspecified atom stereocenters. The summed E-state index contributed by atoms with van der Waals surface area (Å²) in [6, 6.07) is 0. The lowest BCUT2D eigenvalue weighted by Gasteiger charge is -2.39. The highest BCUT2D eigenvalue weighted by atomic mass is 32.2. The Kier molecular flexibility index (Phi) is 5.34. The summed E-state index contributed by atoms with van der Waals surface area (Å²) in [5.74, 6) is 0. The van der Waals surface area contributed by atoms with Crippen LogP contribution in [0, 0.1) is 0 Å². The fourth-order valence-electron chi connectivity index (χ4n) is 2.14. The molecule has 1 amide bonds. The summed E-state index contributed by atoms with van der Waals surface area (Å²) in [4.78, 5) is 11.9. The second-order valence-electron chi connectivity index (χ2n) is 6.22. The van der Waals surface area contributed by atoms with Crippen LogP contribution in [0.2, 0.25) is 0 Å². The monoisotopic (exact) mass is 291 g/mol. The second kappa shape index (κ2) is 6.19. The summed E-state index contributed by atoms with van der Waals surface area (Å²) in [5.41, 5.74) is 1.69. The topological polar surface area (TPSA) is 81.7 Å². The molecule has 6 nitrogen and oxygen atoms in total. The third-order valence-electron chi connectivity index (χ3n) is 3.04. The average molecular weight is 291 g/mol. The predicted octanol–water partition coefficient (Wildman–Crippen LogP) is 2.25. The Hall–Kier alpha value is -0.660. The predicted molar refractivity (Wildman–Crippen MR) is 71.6 cm³/mol. The number of hydrazine groups is 1. The molecule has 1 atom stereocenters. The van der Waals surface area contributed by atoms with E-state index in [0.717, 1.165) is 32.1 Å². The van der Waals surface area contributed by atoms with Gasteiger partial charge in [0.2, 0.25) is 0 Å². The van der Waals surface area contributed by atoms with E-state index >= 15 is 0 Å². The van der Waals surface area contributed by atoms with Gasteiger partial charge >= 0.3 is 6.09 Å². The maximum atomic E-state index is 11.9. The molecule has 7 heteroatoms. The molecule has 112 valence electrons. The maximum absolute atomic E-state index is 11.9. The summed E-state index contributed by atoms with van der Waals surface area (Å²) < 4.78 is 28.1. The Labute approximate surface area is 117 Å². The van der Waals surface area contributed by atoms with Crippen molar-refractivity contribution >= 4 is 17.4 Å². The standard InChI is InChI=1S/C12H24N2O4S/c1-11(2,3)18-10(15)14(19(16)17)13-12(4)8-6-5-7-9-12/h13H,5-9H2,1-4H3,(H,16,17)/p-1. The molecular weight excluding hydrogens is 268 g/mol. The molecule has 0 saturated heterocycles. The van der Waals surface area contributed by atoms with Gasteiger partial charge in [0.15, 0.2) is 0 Å². The molecule has 0 radical (unpaired) electrons. The average Bonchev–Trinajstić information content (AvgIpc) is 2.24. The minimum absolute atomic E-state index is 0.380. The highest BCUT2D eigenvalue weighted by Gasteiger charge is 2.32. The molecule has 0 aliphatic heterocycles. The molecule has 0 bridgehead atoms. The van der Waals surface area contributed by atoms with Crippen LogP contribution in [-0.4, -0.2) is 30.4 Å². The van der Waals surface area contributed by atoms with Crippen molar-refractivity contribution in [3.63, 3.8) is 0 Å². The Morgan fingerprint density at radius 3 is 2.26 bits per heavy atom. The third-order valence-corrected chi connectivity index (χ3v) is 3.58. The third kappa shape index (κ3) is 5.46. The molecule has 1 aliphatic carbocycles. The zero-order valence-electron chi connectivity index (χ0n) is 12.0. The molecule has 0 aromatic carbocycles. The first-order valence-corrected chi connectivity index (χ1v) is 7.56. The lowest BCUT2D eigenvalue weighted by atomic mass is 9.84. The summed E-state index contributed by atoms with van der Waals surface area (Å²) in [5, 5.41) is 0. The number of hydrogen-bond donors (Lipinski definition) is 1. The van der Waals surface area contributed by atoms with Crippen molar-refractivity contribution in [1.29, 1.82) is 0 Å². The van der Waals surface area contributed by atoms with Gasteiger partial charge in [-0.15, -0.1) is 0 Å². The lowest BCUT2D eigenvalue weighted by Crippen LogP contribution is -2.57. The van der Waals surface area contributed by atoms with Crippen molar-refractivity contribution in [1.82, 2.24) is 9.84 Å². The van der Waals surface area contributed by atoms with Crippen molar-refractivity contribution < 1.29 is 18.3 Å². The van der Waals surface area contributed by atoms with E-state index in [-0.39, 0.29) is 5.54 Å². The van der Waals surface area contributed by atoms with Crippen molar-refractivity contribution in [3.05, 3.63) is 0 Å². The maximum Gasteiger partial charge on any atom is 0.436 e. The van der Waals surface area contributed by atoms with Crippen LogP contribution in [0.15, 0.2) is 0 Å². The van der Waals surface area contributed by atoms with E-state index in [0.29, 0.717) is 4.41 Å². The smallest absolute Gasteiger partial charge is 0.436 e. The highest BCUT2D eigenvalue weighted by molar-refractivity contribution is 7.77. The van der Waals surface area contributed by atoms with E-state index in [9.17, 15) is 13.6 Å². The largest absolute Gasteiger partial charge is 0.754 e. The fraction of sp³-hybridized carbons (Fsp3) is 0.917. The summed E-state index contributed by atoms with van der Waals surface area (Å²) in [6.45, 7) is 7.01. The van der Waals surface area contributed by atoms with Gasteiger partial charge in [-0.1, -0.05) is 19.3 Å². The van der Waals surface area contributed by atoms with Gasteiger partial charge in [0.1, 0.15) is 5.60 Å². The minimum atomic E-state index is -2.70. The van der Waals surface area contributed by atoms with E-state index < -0.39 is 23.0 Å². The van der Waals surface area contributed by atoms with E-state index in [2.05, 4.69) is 5.43 Å². The minimum Gasteiger partial charge on any atom is -0.754 e. The number of carbonyl (C=O) groups excluding carboxylic acids is 1. The lowest BCUT2D eigenvalue weighted by molar-refractivity contribution is 0.0223. The molecule has 1 fully saturated rings. The van der Waals surface area contributed by atoms with Gasteiger partial charge < -0.3 is 9.29 Å². The van der Waals surface area contributed by atoms with Gasteiger partial charge in [-0.3, -0.25) is 4.21 Å². The summed E-state index contributed by atoms with van der Waals surface area (Å²) in [7, 11) is 0. The molecule has 1 aliphatic rings. The molecule has 0 aromatic rings. The highest BCUT2D eigenvalue weighted by Crippen LogP contribution is 2.28. The van der Waals surface area contributed by atoms with Crippen molar-refractivity contribution in [2.24, 2.45) is 0 Å². The van der Waals surface area contributed by atoms with E-state index in [4.69, 9.17) is 4.74 Å². The second-order valence-corrected chi connectivity index (χ2v) is 7.02. The Morgan fingerprint density at radius 1 is 1.32 bits per heavy atom. The molecule has 0 spiro atoms. The Balaban J connectivity index is 2.72. The van der Waals surface area contributed by atoms with Crippen LogP contribution < -0.4 is 5.43 Å². The first kappa shape index (κ1) is 16.4. The number of carbonyl (C=O) groups is 1. The molecule has 1 rings (SSSR count). The quantitative estimate of drug-likeness (QED) is 0.637. The van der Waals surface area contributed by atoms with Gasteiger partial charge in [0, 0.05) is 5.54 Å². The first-order valence-electron chi connectivity index (χ1n) is 6.53. The molecule has 1 N–H and O–H groups in total. The van der Waals surface area contributed by atoms with Crippen LogP contribution in [0.25, 0.3) is 0 Å². The van der Waals surface area contributed by atoms with E-state index in [1.54, 1.807) is 20.8 Å². The molecular formula is C12H23N2O4S-. The van der Waals surface area contributed by atoms with Crippen LogP contribution in [0.5, 0.6) is 0 Å². The summed E-state index contributed by atoms with van der Waals surface area (Å²) >= 11 is -2.70. The number of ether oxygens (including phenoxy) is 1. The van der Waals surface area contributed by atoms with E-state index in [1.807, 2.05) is 6.92 Å². The fourth-order valence-corrected chi connectivity index (χ4v) is 2.59. The van der Waals surface area contributed by atoms with Crippen LogP contribution in [-0.2, 0) is 16.0 Å². The number of amides is 1. The molecule has 1 saturated carbocycles. The zero-order valence-corrected chi connectivity index (χ0v) is 12.8. The number of hydrogen-bond acceptors (Lipinski definition) is 5. The first-order chi connectivity index (χ1) is 8.63. The van der Waals surface area contributed by atoms with Crippen molar-refractivity contribution in [3.8, 4) is 0 Å². The van der Waals surface area contributed by atoms with Crippen LogP contribution in [0.4, 0.5) is 4.79 Å². The molecule has 0 aromatic heterocycles. The molecule has 19 heavy (non-hydrogen) atoms. The van der Waals surface area contributed by atoms with Crippen LogP contribution in [0.3, 0.4) is 0 Å². The van der Waals surface area contributed by atoms with Crippen LogP contribution in [0.1, 0.15) is 59.8 Å². The molecule has 0 heterocycles. The van der Waals surface area contributed by atoms with Crippen molar-refractivity contribution in [2.75, 3.05) is 0 Å². The number of nitrogens with zero attached hydrogens (tertiary/aromatic N) is 1. The van der Waals surface area contributed by atoms with Gasteiger partial charge in [-0.2, -0.15) is 4.41 Å².